The molecule has 7 heteroatoms. The summed E-state index contributed by atoms with van der Waals surface area (Å²) in [6.45, 7) is 0. The maximum Gasteiger partial charge on any atom is 0.249 e. The Morgan fingerprint density at radius 2 is 1.76 bits per heavy atom. The van der Waals surface area contributed by atoms with E-state index >= 15 is 0 Å². The zero-order valence-corrected chi connectivity index (χ0v) is 14.7. The Bertz CT molecular complexity index is 773. The number of hydrogen-bond acceptors (Lipinski definition) is 4. The van der Waals surface area contributed by atoms with Gasteiger partial charge in [-0.25, -0.2) is 5.43 Å². The molecule has 0 aliphatic rings. The molecule has 0 fully saturated rings. The number of carbonyl (C=O) groups excluding carboxylic acids is 2. The van der Waals surface area contributed by atoms with Gasteiger partial charge in [-0.05, 0) is 29.8 Å². The summed E-state index contributed by atoms with van der Waals surface area (Å²) < 4.78 is 0. The first kappa shape index (κ1) is 18.5. The fourth-order valence-electron chi connectivity index (χ4n) is 1.98. The summed E-state index contributed by atoms with van der Waals surface area (Å²) in [5.41, 5.74) is 4.70. The first-order chi connectivity index (χ1) is 12.0. The molecule has 0 radical (unpaired) electrons. The molecule has 0 bridgehead atoms. The van der Waals surface area contributed by atoms with Crippen molar-refractivity contribution in [2.24, 2.45) is 5.10 Å². The predicted octanol–water partition coefficient (Wildman–Crippen LogP) is 2.88. The Morgan fingerprint density at radius 3 is 2.40 bits per heavy atom. The second kappa shape index (κ2) is 8.84. The van der Waals surface area contributed by atoms with Crippen LogP contribution in [-0.4, -0.2) is 32.1 Å². The molecule has 2 amide bonds. The molecule has 130 valence electrons. The van der Waals surface area contributed by atoms with Crippen LogP contribution in [0, 0.1) is 0 Å². The summed E-state index contributed by atoms with van der Waals surface area (Å²) in [5.74, 6) is -0.971. The van der Waals surface area contributed by atoms with Crippen LogP contribution in [0.1, 0.15) is 12.0 Å². The molecule has 0 unspecified atom stereocenters. The molecule has 0 aliphatic carbocycles. The molecule has 0 atom stereocenters. The standard InChI is InChI=1S/C18H19ClN4O2/c1-23(2)14-9-7-13(8-10-14)12-20-22-18(25)11-17(24)21-16-6-4-3-5-15(16)19/h3-10,12H,11H2,1-2H3,(H,21,24)(H,22,25). The van der Waals surface area contributed by atoms with Crippen molar-refractivity contribution in [2.45, 2.75) is 6.42 Å². The van der Waals surface area contributed by atoms with E-state index in [4.69, 9.17) is 11.6 Å². The van der Waals surface area contributed by atoms with Gasteiger partial charge >= 0.3 is 0 Å². The number of nitrogens with one attached hydrogen (secondary N) is 2. The lowest BCUT2D eigenvalue weighted by molar-refractivity contribution is -0.126. The largest absolute Gasteiger partial charge is 0.378 e. The number of hydrazone groups is 1. The first-order valence-electron chi connectivity index (χ1n) is 7.59. The molecule has 25 heavy (non-hydrogen) atoms. The van der Waals surface area contributed by atoms with Crippen molar-refractivity contribution in [2.75, 3.05) is 24.3 Å². The highest BCUT2D eigenvalue weighted by Crippen LogP contribution is 2.20. The second-order valence-corrected chi connectivity index (χ2v) is 5.89. The van der Waals surface area contributed by atoms with Gasteiger partial charge in [0.1, 0.15) is 6.42 Å². The minimum Gasteiger partial charge on any atom is -0.378 e. The quantitative estimate of drug-likeness (QED) is 0.473. The highest BCUT2D eigenvalue weighted by atomic mass is 35.5. The number of anilines is 2. The third-order valence-corrected chi connectivity index (χ3v) is 3.61. The number of amides is 2. The normalized spacial score (nSPS) is 10.5. The van der Waals surface area contributed by atoms with Crippen molar-refractivity contribution in [1.29, 1.82) is 0 Å². The van der Waals surface area contributed by atoms with Crippen LogP contribution in [0.4, 0.5) is 11.4 Å². The lowest BCUT2D eigenvalue weighted by atomic mass is 10.2. The van der Waals surface area contributed by atoms with E-state index in [9.17, 15) is 9.59 Å². The van der Waals surface area contributed by atoms with Crippen molar-refractivity contribution >= 4 is 41.0 Å². The maximum atomic E-state index is 11.8. The van der Waals surface area contributed by atoms with Crippen molar-refractivity contribution in [1.82, 2.24) is 5.43 Å². The number of rotatable bonds is 6. The number of carbonyl (C=O) groups is 2. The van der Waals surface area contributed by atoms with Gasteiger partial charge in [0.2, 0.25) is 11.8 Å². The van der Waals surface area contributed by atoms with Crippen molar-refractivity contribution < 1.29 is 9.59 Å². The number of hydrogen-bond donors (Lipinski definition) is 2. The van der Waals surface area contributed by atoms with Crippen molar-refractivity contribution in [3.05, 3.63) is 59.1 Å². The Balaban J connectivity index is 1.81. The fraction of sp³-hybridized carbons (Fsp3) is 0.167. The molecule has 0 heterocycles. The molecule has 2 aromatic carbocycles. The van der Waals surface area contributed by atoms with E-state index < -0.39 is 11.8 Å². The molecule has 2 rings (SSSR count). The topological polar surface area (TPSA) is 73.8 Å². The van der Waals surface area contributed by atoms with Gasteiger partial charge in [-0.2, -0.15) is 5.10 Å². The summed E-state index contributed by atoms with van der Waals surface area (Å²) in [6, 6.07) is 14.5. The highest BCUT2D eigenvalue weighted by Gasteiger charge is 2.10. The van der Waals surface area contributed by atoms with Gasteiger partial charge in [-0.15, -0.1) is 0 Å². The summed E-state index contributed by atoms with van der Waals surface area (Å²) in [6.07, 6.45) is 1.17. The minimum absolute atomic E-state index is 0.345. The lowest BCUT2D eigenvalue weighted by Crippen LogP contribution is -2.24. The van der Waals surface area contributed by atoms with Crippen LogP contribution in [0.15, 0.2) is 53.6 Å². The monoisotopic (exact) mass is 358 g/mol. The van der Waals surface area contributed by atoms with Gasteiger partial charge in [-0.1, -0.05) is 35.9 Å². The lowest BCUT2D eigenvalue weighted by Gasteiger charge is -2.11. The van der Waals surface area contributed by atoms with Gasteiger partial charge < -0.3 is 10.2 Å². The van der Waals surface area contributed by atoms with Crippen molar-refractivity contribution in [3.8, 4) is 0 Å². The van der Waals surface area contributed by atoms with E-state index in [1.807, 2.05) is 43.3 Å². The van der Waals surface area contributed by atoms with Crippen LogP contribution in [0.25, 0.3) is 0 Å². The molecule has 6 nitrogen and oxygen atoms in total. The average molecular weight is 359 g/mol. The second-order valence-electron chi connectivity index (χ2n) is 5.48. The molecule has 0 aliphatic heterocycles. The molecule has 2 aromatic rings. The SMILES string of the molecule is CN(C)c1ccc(C=NNC(=O)CC(=O)Nc2ccccc2Cl)cc1. The average Bonchev–Trinajstić information content (AvgIpc) is 2.57. The van der Waals surface area contributed by atoms with E-state index in [2.05, 4.69) is 15.8 Å². The molecule has 0 saturated carbocycles. The third-order valence-electron chi connectivity index (χ3n) is 3.28. The van der Waals surface area contributed by atoms with E-state index in [0.717, 1.165) is 11.3 Å². The Labute approximate surface area is 151 Å². The maximum absolute atomic E-state index is 11.8. The van der Waals surface area contributed by atoms with Gasteiger partial charge in [0.15, 0.2) is 0 Å². The molecule has 0 spiro atoms. The fourth-order valence-corrected chi connectivity index (χ4v) is 2.16. The predicted molar refractivity (Wildman–Crippen MR) is 101 cm³/mol. The van der Waals surface area contributed by atoms with Crippen LogP contribution in [0.2, 0.25) is 5.02 Å². The van der Waals surface area contributed by atoms with Crippen LogP contribution in [-0.2, 0) is 9.59 Å². The number of benzene rings is 2. The number of para-hydroxylation sites is 1. The highest BCUT2D eigenvalue weighted by molar-refractivity contribution is 6.33. The van der Waals surface area contributed by atoms with Crippen LogP contribution in [0.5, 0.6) is 0 Å². The molecular weight excluding hydrogens is 340 g/mol. The summed E-state index contributed by atoms with van der Waals surface area (Å²) in [4.78, 5) is 25.5. The van der Waals surface area contributed by atoms with Gasteiger partial charge in [-0.3, -0.25) is 9.59 Å². The first-order valence-corrected chi connectivity index (χ1v) is 7.97. The van der Waals surface area contributed by atoms with E-state index in [0.29, 0.717) is 10.7 Å². The molecule has 0 saturated heterocycles. The summed E-state index contributed by atoms with van der Waals surface area (Å²) >= 11 is 5.95. The van der Waals surface area contributed by atoms with E-state index in [-0.39, 0.29) is 6.42 Å². The van der Waals surface area contributed by atoms with E-state index in [1.165, 1.54) is 6.21 Å². The van der Waals surface area contributed by atoms with Gasteiger partial charge in [0, 0.05) is 19.8 Å². The van der Waals surface area contributed by atoms with Crippen LogP contribution in [0.3, 0.4) is 0 Å². The number of nitrogens with zero attached hydrogens (tertiary/aromatic N) is 2. The Kier molecular flexibility index (Phi) is 6.54. The van der Waals surface area contributed by atoms with Crippen LogP contribution < -0.4 is 15.6 Å². The third kappa shape index (κ3) is 5.93. The Morgan fingerprint density at radius 1 is 1.08 bits per heavy atom. The molecular formula is C18H19ClN4O2. The zero-order valence-electron chi connectivity index (χ0n) is 14.0. The zero-order chi connectivity index (χ0) is 18.2. The Hall–Kier alpha value is -2.86. The van der Waals surface area contributed by atoms with Crippen LogP contribution >= 0.6 is 11.6 Å². The molecule has 0 aromatic heterocycles. The number of halogens is 1. The van der Waals surface area contributed by atoms with Crippen molar-refractivity contribution in [3.63, 3.8) is 0 Å². The summed E-state index contributed by atoms with van der Waals surface area (Å²) in [5, 5.41) is 6.84. The minimum atomic E-state index is -0.509. The van der Waals surface area contributed by atoms with Gasteiger partial charge in [0.25, 0.3) is 0 Å². The smallest absolute Gasteiger partial charge is 0.249 e. The van der Waals surface area contributed by atoms with Gasteiger partial charge in [0.05, 0.1) is 16.9 Å². The summed E-state index contributed by atoms with van der Waals surface area (Å²) in [7, 11) is 3.91. The van der Waals surface area contributed by atoms with E-state index in [1.54, 1.807) is 24.3 Å². The molecule has 2 N–H and O–H groups in total.